The summed E-state index contributed by atoms with van der Waals surface area (Å²) in [5.41, 5.74) is 1.14. The van der Waals surface area contributed by atoms with Gasteiger partial charge in [-0.1, -0.05) is 43.8 Å². The van der Waals surface area contributed by atoms with Crippen LogP contribution in [0.1, 0.15) is 18.9 Å². The van der Waals surface area contributed by atoms with Crippen molar-refractivity contribution >= 4 is 5.97 Å². The maximum absolute atomic E-state index is 10.7. The first-order valence-electron chi connectivity index (χ1n) is 5.22. The Kier molecular flexibility index (Phi) is 4.73. The van der Waals surface area contributed by atoms with E-state index < -0.39 is 12.1 Å². The topological polar surface area (TPSA) is 46.5 Å². The van der Waals surface area contributed by atoms with Crippen LogP contribution >= 0.6 is 0 Å². The van der Waals surface area contributed by atoms with Crippen LogP contribution in [-0.4, -0.2) is 17.2 Å². The molecule has 86 valence electrons. The fourth-order valence-corrected chi connectivity index (χ4v) is 1.37. The summed E-state index contributed by atoms with van der Waals surface area (Å²) in [5, 5.41) is 8.80. The maximum Gasteiger partial charge on any atom is 0.333 e. The highest BCUT2D eigenvalue weighted by molar-refractivity contribution is 5.86. The molecule has 1 atom stereocenters. The van der Waals surface area contributed by atoms with Crippen molar-refractivity contribution in [2.24, 2.45) is 0 Å². The van der Waals surface area contributed by atoms with Crippen LogP contribution in [0.2, 0.25) is 0 Å². The van der Waals surface area contributed by atoms with Crippen LogP contribution < -0.4 is 0 Å². The summed E-state index contributed by atoms with van der Waals surface area (Å²) in [7, 11) is 0. The number of ether oxygens (including phenoxy) is 1. The van der Waals surface area contributed by atoms with Crippen LogP contribution in [0.25, 0.3) is 0 Å². The second kappa shape index (κ2) is 6.08. The molecule has 0 aliphatic carbocycles. The van der Waals surface area contributed by atoms with Gasteiger partial charge in [0.05, 0.1) is 18.3 Å². The van der Waals surface area contributed by atoms with Gasteiger partial charge in [-0.15, -0.1) is 0 Å². The molecule has 0 saturated carbocycles. The molecule has 0 aliphatic heterocycles. The van der Waals surface area contributed by atoms with Gasteiger partial charge in [0, 0.05) is 0 Å². The molecule has 0 bridgehead atoms. The number of carboxylic acids is 1. The molecule has 0 aromatic heterocycles. The van der Waals surface area contributed by atoms with E-state index >= 15 is 0 Å². The zero-order chi connectivity index (χ0) is 12.0. The fraction of sp³-hybridized carbons (Fsp3) is 0.308. The number of carboxylic acid groups (broad SMARTS) is 1. The van der Waals surface area contributed by atoms with Gasteiger partial charge < -0.3 is 9.84 Å². The maximum atomic E-state index is 10.7. The monoisotopic (exact) mass is 220 g/mol. The molecule has 1 aromatic rings. The summed E-state index contributed by atoms with van der Waals surface area (Å²) in [4.78, 5) is 10.7. The van der Waals surface area contributed by atoms with Crippen LogP contribution in [-0.2, 0) is 16.1 Å². The molecule has 3 heteroatoms. The number of carbonyl (C=O) groups is 1. The third-order valence-electron chi connectivity index (χ3n) is 2.33. The average molecular weight is 220 g/mol. The Labute approximate surface area is 95.4 Å². The summed E-state index contributed by atoms with van der Waals surface area (Å²) < 4.78 is 5.52. The van der Waals surface area contributed by atoms with E-state index in [-0.39, 0.29) is 5.57 Å². The van der Waals surface area contributed by atoms with Crippen molar-refractivity contribution in [1.82, 2.24) is 0 Å². The van der Waals surface area contributed by atoms with Crippen molar-refractivity contribution in [2.75, 3.05) is 0 Å². The quantitative estimate of drug-likeness (QED) is 0.749. The van der Waals surface area contributed by atoms with E-state index in [9.17, 15) is 4.79 Å². The molecule has 1 unspecified atom stereocenters. The molecule has 0 heterocycles. The van der Waals surface area contributed by atoms with E-state index in [1.54, 1.807) is 0 Å². The first-order valence-corrected chi connectivity index (χ1v) is 5.22. The molecule has 1 rings (SSSR count). The van der Waals surface area contributed by atoms with Crippen LogP contribution in [0.3, 0.4) is 0 Å². The number of hydrogen-bond donors (Lipinski definition) is 1. The van der Waals surface area contributed by atoms with Crippen molar-refractivity contribution in [3.05, 3.63) is 48.0 Å². The van der Waals surface area contributed by atoms with Gasteiger partial charge in [-0.25, -0.2) is 4.79 Å². The predicted octanol–water partition coefficient (Wildman–Crippen LogP) is 2.62. The van der Waals surface area contributed by atoms with Crippen LogP contribution in [0, 0.1) is 0 Å². The van der Waals surface area contributed by atoms with E-state index in [0.29, 0.717) is 13.0 Å². The zero-order valence-electron chi connectivity index (χ0n) is 9.35. The van der Waals surface area contributed by atoms with Gasteiger partial charge in [0.1, 0.15) is 0 Å². The van der Waals surface area contributed by atoms with E-state index in [2.05, 4.69) is 6.58 Å². The third-order valence-corrected chi connectivity index (χ3v) is 2.33. The van der Waals surface area contributed by atoms with Crippen molar-refractivity contribution in [2.45, 2.75) is 26.1 Å². The normalized spacial score (nSPS) is 12.1. The van der Waals surface area contributed by atoms with Crippen LogP contribution in [0.4, 0.5) is 0 Å². The Bertz CT molecular complexity index is 357. The minimum Gasteiger partial charge on any atom is -0.478 e. The summed E-state index contributed by atoms with van der Waals surface area (Å²) in [6.07, 6.45) is 0.190. The molecule has 1 aromatic carbocycles. The fourth-order valence-electron chi connectivity index (χ4n) is 1.37. The van der Waals surface area contributed by atoms with E-state index in [0.717, 1.165) is 5.56 Å². The molecule has 0 spiro atoms. The number of benzene rings is 1. The zero-order valence-corrected chi connectivity index (χ0v) is 9.35. The van der Waals surface area contributed by atoms with Crippen molar-refractivity contribution in [3.63, 3.8) is 0 Å². The Morgan fingerprint density at radius 1 is 1.44 bits per heavy atom. The first kappa shape index (κ1) is 12.5. The van der Waals surface area contributed by atoms with Crippen molar-refractivity contribution in [3.8, 4) is 0 Å². The number of hydrogen-bond acceptors (Lipinski definition) is 2. The Morgan fingerprint density at radius 2 is 2.06 bits per heavy atom. The lowest BCUT2D eigenvalue weighted by molar-refractivity contribution is -0.134. The highest BCUT2D eigenvalue weighted by Crippen LogP contribution is 2.12. The van der Waals surface area contributed by atoms with E-state index in [4.69, 9.17) is 9.84 Å². The second-order valence-corrected chi connectivity index (χ2v) is 3.52. The highest BCUT2D eigenvalue weighted by atomic mass is 16.5. The SMILES string of the molecule is C=C(C(=O)O)C(CC)OCc1ccccc1. The lowest BCUT2D eigenvalue weighted by Gasteiger charge is -2.15. The number of aliphatic carboxylic acids is 1. The summed E-state index contributed by atoms with van der Waals surface area (Å²) in [5.74, 6) is -1.00. The lowest BCUT2D eigenvalue weighted by Crippen LogP contribution is -2.19. The van der Waals surface area contributed by atoms with Gasteiger partial charge in [0.2, 0.25) is 0 Å². The third kappa shape index (κ3) is 3.51. The average Bonchev–Trinajstić information content (AvgIpc) is 2.30. The largest absolute Gasteiger partial charge is 0.478 e. The molecule has 0 aliphatic rings. The summed E-state index contributed by atoms with van der Waals surface area (Å²) in [6, 6.07) is 9.65. The molecule has 0 amide bonds. The van der Waals surface area contributed by atoms with Gasteiger partial charge in [-0.3, -0.25) is 0 Å². The molecule has 16 heavy (non-hydrogen) atoms. The standard InChI is InChI=1S/C13H16O3/c1-3-12(10(2)13(14)15)16-9-11-7-5-4-6-8-11/h4-8,12H,2-3,9H2,1H3,(H,14,15). The molecule has 0 saturated heterocycles. The van der Waals surface area contributed by atoms with Crippen molar-refractivity contribution in [1.29, 1.82) is 0 Å². The predicted molar refractivity (Wildman–Crippen MR) is 62.1 cm³/mol. The molecule has 0 fully saturated rings. The molecule has 3 nitrogen and oxygen atoms in total. The van der Waals surface area contributed by atoms with Crippen LogP contribution in [0.5, 0.6) is 0 Å². The van der Waals surface area contributed by atoms with Gasteiger partial charge in [0.25, 0.3) is 0 Å². The molecular formula is C13H16O3. The van der Waals surface area contributed by atoms with Crippen molar-refractivity contribution < 1.29 is 14.6 Å². The van der Waals surface area contributed by atoms with E-state index in [1.165, 1.54) is 0 Å². The highest BCUT2D eigenvalue weighted by Gasteiger charge is 2.16. The Balaban J connectivity index is 2.52. The number of rotatable bonds is 6. The van der Waals surface area contributed by atoms with Gasteiger partial charge in [-0.05, 0) is 12.0 Å². The summed E-state index contributed by atoms with van der Waals surface area (Å²) in [6.45, 7) is 5.80. The van der Waals surface area contributed by atoms with Gasteiger partial charge >= 0.3 is 5.97 Å². The van der Waals surface area contributed by atoms with Gasteiger partial charge in [-0.2, -0.15) is 0 Å². The second-order valence-electron chi connectivity index (χ2n) is 3.52. The molecule has 1 N–H and O–H groups in total. The Hall–Kier alpha value is -1.61. The molecule has 0 radical (unpaired) electrons. The lowest BCUT2D eigenvalue weighted by atomic mass is 10.1. The summed E-state index contributed by atoms with van der Waals surface area (Å²) >= 11 is 0. The molecular weight excluding hydrogens is 204 g/mol. The minimum atomic E-state index is -1.00. The van der Waals surface area contributed by atoms with E-state index in [1.807, 2.05) is 37.3 Å². The van der Waals surface area contributed by atoms with Crippen LogP contribution in [0.15, 0.2) is 42.5 Å². The Morgan fingerprint density at radius 3 is 2.56 bits per heavy atom. The smallest absolute Gasteiger partial charge is 0.333 e. The minimum absolute atomic E-state index is 0.110. The first-order chi connectivity index (χ1) is 7.65. The van der Waals surface area contributed by atoms with Gasteiger partial charge in [0.15, 0.2) is 0 Å².